The Labute approximate surface area is 299 Å². The average Bonchev–Trinajstić information content (AvgIpc) is 3.74. The van der Waals surface area contributed by atoms with Gasteiger partial charge in [-0.2, -0.15) is 0 Å². The van der Waals surface area contributed by atoms with Crippen molar-refractivity contribution in [2.75, 3.05) is 0 Å². The third-order valence-electron chi connectivity index (χ3n) is 11.4. The molecule has 12 rings (SSSR count). The van der Waals surface area contributed by atoms with E-state index in [0.717, 1.165) is 0 Å². The highest BCUT2D eigenvalue weighted by Crippen LogP contribution is 2.50. The quantitative estimate of drug-likeness (QED) is 0.164. The summed E-state index contributed by atoms with van der Waals surface area (Å²) in [7, 11) is 0. The molecule has 2 aromatic heterocycles. The summed E-state index contributed by atoms with van der Waals surface area (Å²) in [6.45, 7) is 0. The van der Waals surface area contributed by atoms with Gasteiger partial charge in [-0.3, -0.25) is 0 Å². The summed E-state index contributed by atoms with van der Waals surface area (Å²) in [4.78, 5) is 0. The van der Waals surface area contributed by atoms with Crippen molar-refractivity contribution in [2.24, 2.45) is 0 Å². The number of hydrogen-bond donors (Lipinski definition) is 0. The van der Waals surface area contributed by atoms with Gasteiger partial charge in [0.05, 0.1) is 22.1 Å². The van der Waals surface area contributed by atoms with E-state index in [1.54, 1.807) is 0 Å². The van der Waals surface area contributed by atoms with Crippen molar-refractivity contribution in [3.05, 3.63) is 182 Å². The highest BCUT2D eigenvalue weighted by Gasteiger charge is 2.25. The summed E-state index contributed by atoms with van der Waals surface area (Å²) in [5.41, 5.74) is 7.27. The number of benzene rings is 10. The molecule has 0 fully saturated rings. The number of para-hydroxylation sites is 2. The molecule has 52 heavy (non-hydrogen) atoms. The first-order chi connectivity index (χ1) is 25.8. The molecule has 0 radical (unpaired) electrons. The van der Waals surface area contributed by atoms with Crippen LogP contribution in [0.1, 0.15) is 0 Å². The van der Waals surface area contributed by atoms with Crippen molar-refractivity contribution in [1.29, 1.82) is 0 Å². The van der Waals surface area contributed by atoms with E-state index < -0.39 is 0 Å². The van der Waals surface area contributed by atoms with Crippen molar-refractivity contribution >= 4 is 97.5 Å². The Balaban J connectivity index is 1.38. The molecule has 0 spiro atoms. The standard InChI is InChI=1S/C50H30N2/c1-3-15-33-29-35(27-25-31(33)13-1)51-44-24-12-10-22-42(44)48-46-38-18-6-5-17-37(38)45-41-21-9-11-23-43(41)52(36-28-26-32-14-2-4-16-34(32)30-36)50(45)47(46)39-19-7-8-20-40(39)49(48)51/h1-30H. The number of fused-ring (bicyclic) bond motifs is 17. The van der Waals surface area contributed by atoms with Crippen molar-refractivity contribution in [1.82, 2.24) is 9.13 Å². The smallest absolute Gasteiger partial charge is 0.0632 e. The molecule has 240 valence electrons. The lowest BCUT2D eigenvalue weighted by Crippen LogP contribution is -1.97. The molecule has 0 N–H and O–H groups in total. The van der Waals surface area contributed by atoms with E-state index in [9.17, 15) is 0 Å². The lowest BCUT2D eigenvalue weighted by Gasteiger charge is -2.17. The molecule has 12 aromatic rings. The van der Waals surface area contributed by atoms with Crippen molar-refractivity contribution in [3.8, 4) is 11.4 Å². The van der Waals surface area contributed by atoms with Gasteiger partial charge in [-0.25, -0.2) is 0 Å². The molecule has 10 aromatic carbocycles. The minimum atomic E-state index is 1.17. The van der Waals surface area contributed by atoms with Gasteiger partial charge in [-0.05, 0) is 74.1 Å². The summed E-state index contributed by atoms with van der Waals surface area (Å²) >= 11 is 0. The van der Waals surface area contributed by atoms with Crippen LogP contribution in [0.3, 0.4) is 0 Å². The van der Waals surface area contributed by atoms with Crippen molar-refractivity contribution in [2.45, 2.75) is 0 Å². The summed E-state index contributed by atoms with van der Waals surface area (Å²) in [6, 6.07) is 67.2. The minimum absolute atomic E-state index is 1.17. The van der Waals surface area contributed by atoms with Crippen molar-refractivity contribution < 1.29 is 0 Å². The SMILES string of the molecule is c1ccc2cc(-n3c4ccccc4c4c5c6ccccc6c6c7ccccc7n(-c7ccc8ccccc8c7)c6c5c5ccccc5c43)ccc2c1. The Morgan fingerprint density at radius 2 is 0.635 bits per heavy atom. The maximum Gasteiger partial charge on any atom is 0.0632 e. The summed E-state index contributed by atoms with van der Waals surface area (Å²) < 4.78 is 5.05. The normalized spacial score (nSPS) is 12.2. The Hall–Kier alpha value is -6.90. The molecule has 2 nitrogen and oxygen atoms in total. The zero-order valence-electron chi connectivity index (χ0n) is 28.2. The third-order valence-corrected chi connectivity index (χ3v) is 11.4. The Bertz CT molecular complexity index is 3470. The number of hydrogen-bond acceptors (Lipinski definition) is 0. The van der Waals surface area contributed by atoms with Gasteiger partial charge < -0.3 is 9.13 Å². The van der Waals surface area contributed by atoms with Gasteiger partial charge in [0.15, 0.2) is 0 Å². The average molecular weight is 659 g/mol. The molecule has 0 saturated heterocycles. The molecule has 2 heterocycles. The van der Waals surface area contributed by atoms with Gasteiger partial charge in [0.1, 0.15) is 0 Å². The van der Waals surface area contributed by atoms with E-state index in [2.05, 4.69) is 191 Å². The molecular formula is C50H30N2. The highest BCUT2D eigenvalue weighted by atomic mass is 15.0. The van der Waals surface area contributed by atoms with Crippen LogP contribution in [0.5, 0.6) is 0 Å². The largest absolute Gasteiger partial charge is 0.309 e. The van der Waals surface area contributed by atoms with Crippen LogP contribution in [-0.2, 0) is 0 Å². The molecule has 0 unspecified atom stereocenters. The molecular weight excluding hydrogens is 629 g/mol. The van der Waals surface area contributed by atoms with Crippen LogP contribution in [0, 0.1) is 0 Å². The Morgan fingerprint density at radius 3 is 1.21 bits per heavy atom. The van der Waals surface area contributed by atoms with E-state index in [-0.39, 0.29) is 0 Å². The second-order valence-corrected chi connectivity index (χ2v) is 14.1. The van der Waals surface area contributed by atoms with Crippen LogP contribution >= 0.6 is 0 Å². The monoisotopic (exact) mass is 658 g/mol. The van der Waals surface area contributed by atoms with Gasteiger partial charge in [0.2, 0.25) is 0 Å². The van der Waals surface area contributed by atoms with E-state index in [0.29, 0.717) is 0 Å². The van der Waals surface area contributed by atoms with Crippen LogP contribution < -0.4 is 0 Å². The fraction of sp³-hybridized carbons (Fsp3) is 0. The molecule has 0 amide bonds. The second-order valence-electron chi connectivity index (χ2n) is 14.1. The summed E-state index contributed by atoms with van der Waals surface area (Å²) in [5, 5.41) is 17.8. The predicted molar refractivity (Wildman–Crippen MR) is 223 cm³/mol. The number of aromatic nitrogens is 2. The minimum Gasteiger partial charge on any atom is -0.309 e. The highest BCUT2D eigenvalue weighted by molar-refractivity contribution is 6.44. The van der Waals surface area contributed by atoms with E-state index in [1.165, 1.54) is 109 Å². The Kier molecular flexibility index (Phi) is 5.53. The fourth-order valence-corrected chi connectivity index (χ4v) is 9.27. The third kappa shape index (κ3) is 3.63. The zero-order valence-corrected chi connectivity index (χ0v) is 28.2. The van der Waals surface area contributed by atoms with E-state index in [1.807, 2.05) is 0 Å². The van der Waals surface area contributed by atoms with Crippen LogP contribution in [0.2, 0.25) is 0 Å². The second kappa shape index (κ2) is 10.3. The maximum atomic E-state index is 2.53. The molecule has 0 atom stereocenters. The molecule has 0 aliphatic heterocycles. The first kappa shape index (κ1) is 27.9. The van der Waals surface area contributed by atoms with Gasteiger partial charge >= 0.3 is 0 Å². The van der Waals surface area contributed by atoms with Crippen LogP contribution in [-0.4, -0.2) is 9.13 Å². The van der Waals surface area contributed by atoms with Crippen LogP contribution in [0.25, 0.3) is 109 Å². The van der Waals surface area contributed by atoms with Gasteiger partial charge in [0, 0.05) is 49.1 Å². The fourth-order valence-electron chi connectivity index (χ4n) is 9.27. The topological polar surface area (TPSA) is 9.86 Å². The molecule has 0 saturated carbocycles. The molecule has 2 heteroatoms. The maximum absolute atomic E-state index is 2.53. The first-order valence-corrected chi connectivity index (χ1v) is 18.0. The number of rotatable bonds is 2. The molecule has 0 aliphatic carbocycles. The lowest BCUT2D eigenvalue weighted by atomic mass is 9.90. The summed E-state index contributed by atoms with van der Waals surface area (Å²) in [6.07, 6.45) is 0. The Morgan fingerprint density at radius 1 is 0.250 bits per heavy atom. The van der Waals surface area contributed by atoms with Gasteiger partial charge in [-0.15, -0.1) is 0 Å². The summed E-state index contributed by atoms with van der Waals surface area (Å²) in [5.74, 6) is 0. The predicted octanol–water partition coefficient (Wildman–Crippen LogP) is 13.6. The van der Waals surface area contributed by atoms with E-state index >= 15 is 0 Å². The van der Waals surface area contributed by atoms with Gasteiger partial charge in [0.25, 0.3) is 0 Å². The van der Waals surface area contributed by atoms with Crippen LogP contribution in [0.15, 0.2) is 182 Å². The number of nitrogens with zero attached hydrogens (tertiary/aromatic N) is 2. The van der Waals surface area contributed by atoms with E-state index in [4.69, 9.17) is 0 Å². The van der Waals surface area contributed by atoms with Gasteiger partial charge in [-0.1, -0.05) is 146 Å². The molecule has 0 bridgehead atoms. The first-order valence-electron chi connectivity index (χ1n) is 18.0. The molecule has 0 aliphatic rings. The lowest BCUT2D eigenvalue weighted by molar-refractivity contribution is 1.19. The zero-order chi connectivity index (χ0) is 33.9. The van der Waals surface area contributed by atoms with Crippen molar-refractivity contribution in [3.63, 3.8) is 0 Å². The van der Waals surface area contributed by atoms with Crippen LogP contribution in [0.4, 0.5) is 0 Å².